The molecule has 7 nitrogen and oxygen atoms in total. The molecule has 0 aliphatic carbocycles. The third-order valence-electron chi connectivity index (χ3n) is 6.56. The zero-order chi connectivity index (χ0) is 20.7. The number of nitrogens with zero attached hydrogens (tertiary/aromatic N) is 5. The van der Waals surface area contributed by atoms with Gasteiger partial charge in [-0.15, -0.1) is 10.2 Å². The summed E-state index contributed by atoms with van der Waals surface area (Å²) in [7, 11) is 4.00. The summed E-state index contributed by atoms with van der Waals surface area (Å²) in [4.78, 5) is 2.27. The number of phenols is 1. The van der Waals surface area contributed by atoms with Crippen molar-refractivity contribution in [1.29, 1.82) is 0 Å². The van der Waals surface area contributed by atoms with Crippen LogP contribution in [-0.4, -0.2) is 50.3 Å². The van der Waals surface area contributed by atoms with Crippen LogP contribution in [0.2, 0.25) is 0 Å². The number of anilines is 1. The highest BCUT2D eigenvalue weighted by atomic mass is 16.3. The molecule has 2 unspecified atom stereocenters. The molecule has 0 saturated carbocycles. The minimum atomic E-state index is 0.193. The Kier molecular flexibility index (Phi) is 4.90. The van der Waals surface area contributed by atoms with E-state index in [9.17, 15) is 5.11 Å². The Labute approximate surface area is 176 Å². The standard InChI is InChI=1S/C23H28N6O/c1-28-14-16(13-24-28)15-6-7-20(22(30)10-15)21-8-9-23(27-26-21)29(2)19-11-17-4-3-5-18(12-19)25-17/h6-10,13-14,17-19,25,30H,3-5,11-12H2,1-2H3. The zero-order valence-corrected chi connectivity index (χ0v) is 17.5. The fourth-order valence-electron chi connectivity index (χ4n) is 4.89. The van der Waals surface area contributed by atoms with Gasteiger partial charge in [-0.05, 0) is 55.5 Å². The van der Waals surface area contributed by atoms with Crippen molar-refractivity contribution in [2.75, 3.05) is 11.9 Å². The van der Waals surface area contributed by atoms with Crippen molar-refractivity contribution in [3.05, 3.63) is 42.7 Å². The van der Waals surface area contributed by atoms with Crippen LogP contribution in [0.4, 0.5) is 5.82 Å². The maximum absolute atomic E-state index is 10.6. The lowest BCUT2D eigenvalue weighted by Gasteiger charge is -2.43. The van der Waals surface area contributed by atoms with Crippen molar-refractivity contribution in [2.45, 2.75) is 50.2 Å². The maximum Gasteiger partial charge on any atom is 0.151 e. The van der Waals surface area contributed by atoms with Crippen LogP contribution in [0, 0.1) is 0 Å². The lowest BCUT2D eigenvalue weighted by atomic mass is 9.83. The molecular formula is C23H28N6O. The molecule has 3 aromatic rings. The van der Waals surface area contributed by atoms with Gasteiger partial charge in [-0.1, -0.05) is 12.5 Å². The van der Waals surface area contributed by atoms with Gasteiger partial charge in [0.15, 0.2) is 5.82 Å². The first-order valence-corrected chi connectivity index (χ1v) is 10.7. The van der Waals surface area contributed by atoms with E-state index in [0.717, 1.165) is 29.8 Å². The molecule has 2 atom stereocenters. The summed E-state index contributed by atoms with van der Waals surface area (Å²) in [6.07, 6.45) is 9.93. The topological polar surface area (TPSA) is 79.1 Å². The molecule has 5 rings (SSSR count). The zero-order valence-electron chi connectivity index (χ0n) is 17.5. The number of piperidine rings is 2. The fraction of sp³-hybridized carbons (Fsp3) is 0.435. The SMILES string of the molecule is CN(c1ccc(-c2ccc(-c3cnn(C)c3)cc2O)nn1)C1CC2CCCC(C1)N2. The predicted molar refractivity (Wildman–Crippen MR) is 117 cm³/mol. The molecule has 1 aromatic carbocycles. The largest absolute Gasteiger partial charge is 0.507 e. The van der Waals surface area contributed by atoms with E-state index in [-0.39, 0.29) is 5.75 Å². The molecule has 0 radical (unpaired) electrons. The van der Waals surface area contributed by atoms with Gasteiger partial charge in [0, 0.05) is 49.5 Å². The van der Waals surface area contributed by atoms with Crippen LogP contribution in [0.15, 0.2) is 42.7 Å². The lowest BCUT2D eigenvalue weighted by molar-refractivity contribution is 0.219. The van der Waals surface area contributed by atoms with E-state index in [2.05, 4.69) is 32.6 Å². The first-order valence-electron chi connectivity index (χ1n) is 10.7. The Morgan fingerprint density at radius 3 is 2.50 bits per heavy atom. The van der Waals surface area contributed by atoms with Gasteiger partial charge >= 0.3 is 0 Å². The van der Waals surface area contributed by atoms with E-state index in [4.69, 9.17) is 0 Å². The molecule has 156 valence electrons. The van der Waals surface area contributed by atoms with Crippen LogP contribution >= 0.6 is 0 Å². The van der Waals surface area contributed by atoms with Gasteiger partial charge in [0.05, 0.1) is 11.9 Å². The molecule has 2 N–H and O–H groups in total. The van der Waals surface area contributed by atoms with Crippen molar-refractivity contribution in [1.82, 2.24) is 25.3 Å². The number of fused-ring (bicyclic) bond motifs is 2. The molecule has 30 heavy (non-hydrogen) atoms. The van der Waals surface area contributed by atoms with Crippen molar-refractivity contribution < 1.29 is 5.11 Å². The summed E-state index contributed by atoms with van der Waals surface area (Å²) < 4.78 is 1.75. The number of rotatable bonds is 4. The van der Waals surface area contributed by atoms with E-state index in [1.807, 2.05) is 37.5 Å². The minimum absolute atomic E-state index is 0.193. The number of hydrogen-bond donors (Lipinski definition) is 2. The Bertz CT molecular complexity index is 1020. The normalized spacial score (nSPS) is 23.3. The molecule has 2 aromatic heterocycles. The van der Waals surface area contributed by atoms with Crippen LogP contribution < -0.4 is 10.2 Å². The average Bonchev–Trinajstić information content (AvgIpc) is 3.19. The summed E-state index contributed by atoms with van der Waals surface area (Å²) in [5, 5.41) is 27.4. The van der Waals surface area contributed by atoms with Gasteiger partial charge in [0.2, 0.25) is 0 Å². The number of aromatic hydroxyl groups is 1. The molecular weight excluding hydrogens is 376 g/mol. The number of phenolic OH excluding ortho intramolecular Hbond substituents is 1. The Morgan fingerprint density at radius 1 is 1.07 bits per heavy atom. The summed E-state index contributed by atoms with van der Waals surface area (Å²) in [6, 6.07) is 11.3. The first-order chi connectivity index (χ1) is 14.6. The summed E-state index contributed by atoms with van der Waals surface area (Å²) in [5.74, 6) is 1.08. The monoisotopic (exact) mass is 404 g/mol. The second-order valence-corrected chi connectivity index (χ2v) is 8.64. The maximum atomic E-state index is 10.6. The Morgan fingerprint density at radius 2 is 1.87 bits per heavy atom. The van der Waals surface area contributed by atoms with Crippen LogP contribution in [0.1, 0.15) is 32.1 Å². The molecule has 2 aliphatic heterocycles. The van der Waals surface area contributed by atoms with Crippen molar-refractivity contribution in [2.24, 2.45) is 7.05 Å². The van der Waals surface area contributed by atoms with E-state index < -0.39 is 0 Å². The minimum Gasteiger partial charge on any atom is -0.507 e. The van der Waals surface area contributed by atoms with E-state index in [1.165, 1.54) is 19.3 Å². The quantitative estimate of drug-likeness (QED) is 0.694. The molecule has 0 spiro atoms. The number of hydrogen-bond acceptors (Lipinski definition) is 6. The molecule has 4 heterocycles. The second-order valence-electron chi connectivity index (χ2n) is 8.64. The van der Waals surface area contributed by atoms with Crippen molar-refractivity contribution >= 4 is 5.82 Å². The van der Waals surface area contributed by atoms with Crippen LogP contribution in [0.5, 0.6) is 5.75 Å². The van der Waals surface area contributed by atoms with E-state index in [0.29, 0.717) is 29.4 Å². The fourth-order valence-corrected chi connectivity index (χ4v) is 4.89. The summed E-state index contributed by atoms with van der Waals surface area (Å²) in [6.45, 7) is 0. The molecule has 2 saturated heterocycles. The van der Waals surface area contributed by atoms with Crippen LogP contribution in [0.3, 0.4) is 0 Å². The Balaban J connectivity index is 1.33. The summed E-state index contributed by atoms with van der Waals surface area (Å²) in [5.41, 5.74) is 3.24. The third-order valence-corrected chi connectivity index (χ3v) is 6.56. The van der Waals surface area contributed by atoms with Crippen LogP contribution in [0.25, 0.3) is 22.4 Å². The van der Waals surface area contributed by atoms with Gasteiger partial charge in [-0.25, -0.2) is 0 Å². The van der Waals surface area contributed by atoms with Gasteiger partial charge in [-0.2, -0.15) is 5.10 Å². The highest BCUT2D eigenvalue weighted by Crippen LogP contribution is 2.33. The van der Waals surface area contributed by atoms with Crippen molar-refractivity contribution in [3.63, 3.8) is 0 Å². The number of aryl methyl sites for hydroxylation is 1. The molecule has 7 heteroatoms. The van der Waals surface area contributed by atoms with Gasteiger partial charge < -0.3 is 15.3 Å². The first kappa shape index (κ1) is 19.1. The van der Waals surface area contributed by atoms with Crippen LogP contribution in [-0.2, 0) is 7.05 Å². The molecule has 2 aliphatic rings. The predicted octanol–water partition coefficient (Wildman–Crippen LogP) is 3.36. The van der Waals surface area contributed by atoms with E-state index >= 15 is 0 Å². The highest BCUT2D eigenvalue weighted by Gasteiger charge is 2.33. The van der Waals surface area contributed by atoms with E-state index in [1.54, 1.807) is 16.9 Å². The smallest absolute Gasteiger partial charge is 0.151 e. The lowest BCUT2D eigenvalue weighted by Crippen LogP contribution is -2.54. The number of nitrogens with one attached hydrogen (secondary N) is 1. The molecule has 2 fully saturated rings. The summed E-state index contributed by atoms with van der Waals surface area (Å²) >= 11 is 0. The van der Waals surface area contributed by atoms with Gasteiger partial charge in [0.25, 0.3) is 0 Å². The molecule has 0 amide bonds. The Hall–Kier alpha value is -2.93. The van der Waals surface area contributed by atoms with Crippen molar-refractivity contribution in [3.8, 4) is 28.1 Å². The highest BCUT2D eigenvalue weighted by molar-refractivity contribution is 5.73. The number of benzene rings is 1. The van der Waals surface area contributed by atoms with Gasteiger partial charge in [-0.3, -0.25) is 4.68 Å². The van der Waals surface area contributed by atoms with Gasteiger partial charge in [0.1, 0.15) is 5.75 Å². The second kappa shape index (κ2) is 7.72. The third kappa shape index (κ3) is 3.65. The molecule has 2 bridgehead atoms. The average molecular weight is 405 g/mol. The number of aromatic nitrogens is 4.